The number of carbonyl (C=O) groups is 2. The van der Waals surface area contributed by atoms with Crippen molar-refractivity contribution in [3.05, 3.63) is 76.0 Å². The molecule has 8 heteroatoms. The molecule has 0 aliphatic rings. The van der Waals surface area contributed by atoms with Crippen molar-refractivity contribution in [1.82, 2.24) is 5.32 Å². The fourth-order valence-electron chi connectivity index (χ4n) is 2.79. The van der Waals surface area contributed by atoms with Crippen LogP contribution < -0.4 is 20.1 Å². The van der Waals surface area contributed by atoms with Crippen LogP contribution in [0.1, 0.15) is 21.4 Å². The van der Waals surface area contributed by atoms with Gasteiger partial charge in [-0.15, -0.1) is 11.3 Å². The van der Waals surface area contributed by atoms with Crippen molar-refractivity contribution in [3.8, 4) is 11.5 Å². The number of thiophene rings is 1. The van der Waals surface area contributed by atoms with Crippen LogP contribution in [0.3, 0.4) is 0 Å². The first-order valence-corrected chi connectivity index (χ1v) is 9.96. The molecule has 3 rings (SSSR count). The van der Waals surface area contributed by atoms with E-state index < -0.39 is 17.9 Å². The summed E-state index contributed by atoms with van der Waals surface area (Å²) >= 11 is 1.38. The first-order chi connectivity index (χ1) is 14.5. The Bertz CT molecular complexity index is 1020. The Morgan fingerprint density at radius 2 is 1.70 bits per heavy atom. The molecule has 1 atom stereocenters. The predicted octanol–water partition coefficient (Wildman–Crippen LogP) is 3.10. The fourth-order valence-corrected chi connectivity index (χ4v) is 3.75. The Labute approximate surface area is 178 Å². The highest BCUT2D eigenvalue weighted by atomic mass is 32.1. The molecule has 7 nitrogen and oxygen atoms in total. The number of carbonyl (C=O) groups excluding carboxylic acids is 2. The van der Waals surface area contributed by atoms with Gasteiger partial charge < -0.3 is 25.2 Å². The third-order valence-electron chi connectivity index (χ3n) is 4.34. The molecular formula is C22H22N2O5S. The van der Waals surface area contributed by atoms with Crippen molar-refractivity contribution in [2.45, 2.75) is 12.6 Å². The molecule has 3 aromatic rings. The lowest BCUT2D eigenvalue weighted by atomic mass is 10.1. The molecule has 0 radical (unpaired) electrons. The van der Waals surface area contributed by atoms with Gasteiger partial charge in [-0.05, 0) is 29.8 Å². The van der Waals surface area contributed by atoms with E-state index in [1.165, 1.54) is 25.6 Å². The molecule has 1 heterocycles. The maximum atomic E-state index is 12.2. The summed E-state index contributed by atoms with van der Waals surface area (Å²) in [5, 5.41) is 15.6. The molecule has 1 unspecified atom stereocenters. The minimum atomic E-state index is -0.789. The van der Waals surface area contributed by atoms with Gasteiger partial charge in [-0.1, -0.05) is 30.3 Å². The molecular weight excluding hydrogens is 404 g/mol. The number of anilines is 1. The van der Waals surface area contributed by atoms with E-state index in [1.807, 2.05) is 42.5 Å². The zero-order valence-electron chi connectivity index (χ0n) is 16.5. The fraction of sp³-hybridized carbons (Fsp3) is 0.182. The highest BCUT2D eigenvalue weighted by molar-refractivity contribution is 7.12. The number of amides is 2. The molecule has 0 fully saturated rings. The molecule has 0 spiro atoms. The number of ether oxygens (including phenoxy) is 2. The molecule has 3 N–H and O–H groups in total. The SMILES string of the molecule is COc1ccc(NC(=O)C(=O)NCc2ccc(C(O)c3ccccc3)s2)cc1OC. The Kier molecular flexibility index (Phi) is 7.05. The highest BCUT2D eigenvalue weighted by Gasteiger charge is 2.16. The van der Waals surface area contributed by atoms with Crippen molar-refractivity contribution >= 4 is 28.8 Å². The van der Waals surface area contributed by atoms with E-state index in [4.69, 9.17) is 9.47 Å². The lowest BCUT2D eigenvalue weighted by Gasteiger charge is -2.10. The van der Waals surface area contributed by atoms with Crippen LogP contribution in [0.4, 0.5) is 5.69 Å². The second-order valence-corrected chi connectivity index (χ2v) is 7.52. The van der Waals surface area contributed by atoms with Gasteiger partial charge in [0.25, 0.3) is 0 Å². The van der Waals surface area contributed by atoms with Crippen LogP contribution in [0.5, 0.6) is 11.5 Å². The average Bonchev–Trinajstić information content (AvgIpc) is 3.26. The summed E-state index contributed by atoms with van der Waals surface area (Å²) in [6.45, 7) is 0.185. The molecule has 0 bridgehead atoms. The van der Waals surface area contributed by atoms with Gasteiger partial charge in [0.1, 0.15) is 6.10 Å². The summed E-state index contributed by atoms with van der Waals surface area (Å²) < 4.78 is 10.3. The summed E-state index contributed by atoms with van der Waals surface area (Å²) in [7, 11) is 3.00. The third-order valence-corrected chi connectivity index (χ3v) is 5.48. The third kappa shape index (κ3) is 5.16. The molecule has 0 aliphatic carbocycles. The van der Waals surface area contributed by atoms with Gasteiger partial charge in [0.2, 0.25) is 0 Å². The zero-order chi connectivity index (χ0) is 21.5. The van der Waals surface area contributed by atoms with E-state index >= 15 is 0 Å². The number of nitrogens with one attached hydrogen (secondary N) is 2. The quantitative estimate of drug-likeness (QED) is 0.505. The number of methoxy groups -OCH3 is 2. The zero-order valence-corrected chi connectivity index (χ0v) is 17.4. The monoisotopic (exact) mass is 426 g/mol. The first-order valence-electron chi connectivity index (χ1n) is 9.14. The second kappa shape index (κ2) is 9.91. The normalized spacial score (nSPS) is 11.4. The van der Waals surface area contributed by atoms with Gasteiger partial charge in [-0.25, -0.2) is 0 Å². The summed E-state index contributed by atoms with van der Waals surface area (Å²) in [5.74, 6) is -0.586. The van der Waals surface area contributed by atoms with Crippen molar-refractivity contribution < 1.29 is 24.2 Å². The molecule has 0 saturated carbocycles. The Hall–Kier alpha value is -3.36. The minimum absolute atomic E-state index is 0.185. The van der Waals surface area contributed by atoms with Crippen molar-refractivity contribution in [1.29, 1.82) is 0 Å². The molecule has 30 heavy (non-hydrogen) atoms. The van der Waals surface area contributed by atoms with Crippen LogP contribution in [0.2, 0.25) is 0 Å². The number of benzene rings is 2. The van der Waals surface area contributed by atoms with Gasteiger partial charge in [0, 0.05) is 21.5 Å². The largest absolute Gasteiger partial charge is 0.493 e. The molecule has 1 aromatic heterocycles. The average molecular weight is 426 g/mol. The van der Waals surface area contributed by atoms with E-state index in [9.17, 15) is 14.7 Å². The molecule has 0 saturated heterocycles. The van der Waals surface area contributed by atoms with Gasteiger partial charge in [0.05, 0.1) is 20.8 Å². The standard InChI is InChI=1S/C22H22N2O5S/c1-28-17-10-8-15(12-18(17)29-2)24-22(27)21(26)23-13-16-9-11-19(30-16)20(25)14-6-4-3-5-7-14/h3-12,20,25H,13H2,1-2H3,(H,23,26)(H,24,27). The summed E-state index contributed by atoms with van der Waals surface area (Å²) in [6, 6.07) is 17.8. The molecule has 2 aromatic carbocycles. The minimum Gasteiger partial charge on any atom is -0.493 e. The lowest BCUT2D eigenvalue weighted by molar-refractivity contribution is -0.136. The van der Waals surface area contributed by atoms with Crippen LogP contribution in [0.25, 0.3) is 0 Å². The lowest BCUT2D eigenvalue weighted by Crippen LogP contribution is -2.34. The predicted molar refractivity (Wildman–Crippen MR) is 115 cm³/mol. The van der Waals surface area contributed by atoms with Gasteiger partial charge in [-0.3, -0.25) is 9.59 Å². The van der Waals surface area contributed by atoms with Crippen LogP contribution in [0.15, 0.2) is 60.7 Å². The second-order valence-electron chi connectivity index (χ2n) is 6.32. The number of hydrogen-bond acceptors (Lipinski definition) is 6. The van der Waals surface area contributed by atoms with Crippen molar-refractivity contribution in [3.63, 3.8) is 0 Å². The van der Waals surface area contributed by atoms with E-state index in [-0.39, 0.29) is 6.54 Å². The van der Waals surface area contributed by atoms with Crippen molar-refractivity contribution in [2.75, 3.05) is 19.5 Å². The summed E-state index contributed by atoms with van der Waals surface area (Å²) in [4.78, 5) is 25.9. The maximum Gasteiger partial charge on any atom is 0.313 e. The van der Waals surface area contributed by atoms with E-state index in [0.29, 0.717) is 17.2 Å². The Morgan fingerprint density at radius 1 is 0.967 bits per heavy atom. The number of aliphatic hydroxyl groups excluding tert-OH is 1. The van der Waals surface area contributed by atoms with Crippen molar-refractivity contribution in [2.24, 2.45) is 0 Å². The molecule has 2 amide bonds. The van der Waals surface area contributed by atoms with E-state index in [2.05, 4.69) is 10.6 Å². The Morgan fingerprint density at radius 3 is 2.40 bits per heavy atom. The topological polar surface area (TPSA) is 96.9 Å². The summed E-state index contributed by atoms with van der Waals surface area (Å²) in [5.41, 5.74) is 1.21. The number of hydrogen-bond donors (Lipinski definition) is 3. The molecule has 156 valence electrons. The molecule has 0 aliphatic heterocycles. The summed E-state index contributed by atoms with van der Waals surface area (Å²) in [6.07, 6.45) is -0.728. The number of rotatable bonds is 7. The smallest absolute Gasteiger partial charge is 0.313 e. The van der Waals surface area contributed by atoms with Gasteiger partial charge in [0.15, 0.2) is 11.5 Å². The van der Waals surface area contributed by atoms with Gasteiger partial charge >= 0.3 is 11.8 Å². The Balaban J connectivity index is 1.55. The highest BCUT2D eigenvalue weighted by Crippen LogP contribution is 2.30. The van der Waals surface area contributed by atoms with Gasteiger partial charge in [-0.2, -0.15) is 0 Å². The van der Waals surface area contributed by atoms with Crippen LogP contribution in [0, 0.1) is 0 Å². The number of aliphatic hydroxyl groups is 1. The van der Waals surface area contributed by atoms with E-state index in [0.717, 1.165) is 15.3 Å². The van der Waals surface area contributed by atoms with Crippen LogP contribution in [-0.4, -0.2) is 31.1 Å². The van der Waals surface area contributed by atoms with Crippen LogP contribution >= 0.6 is 11.3 Å². The maximum absolute atomic E-state index is 12.2. The van der Waals surface area contributed by atoms with Crippen LogP contribution in [-0.2, 0) is 16.1 Å². The van der Waals surface area contributed by atoms with E-state index in [1.54, 1.807) is 18.2 Å². The first kappa shape index (κ1) is 21.4.